The minimum Gasteiger partial charge on any atom is -0.497 e. The highest BCUT2D eigenvalue weighted by Crippen LogP contribution is 2.20. The van der Waals surface area contributed by atoms with E-state index in [0.717, 1.165) is 27.8 Å². The van der Waals surface area contributed by atoms with Crippen LogP contribution in [0.25, 0.3) is 10.9 Å². The Bertz CT molecular complexity index is 1350. The summed E-state index contributed by atoms with van der Waals surface area (Å²) in [7, 11) is 1.62. The van der Waals surface area contributed by atoms with E-state index in [1.165, 1.54) is 29.2 Å². The first-order chi connectivity index (χ1) is 17.9. The highest BCUT2D eigenvalue weighted by Gasteiger charge is 2.25. The zero-order chi connectivity index (χ0) is 26.4. The van der Waals surface area contributed by atoms with Crippen LogP contribution in [-0.4, -0.2) is 52.8 Å². The number of hydrogen-bond acceptors (Lipinski definition) is 3. The second kappa shape index (κ2) is 11.7. The molecule has 4 rings (SSSR count). The number of nitrogens with one attached hydrogen (secondary N) is 1. The maximum absolute atomic E-state index is 13.6. The molecule has 0 saturated carbocycles. The van der Waals surface area contributed by atoms with Gasteiger partial charge < -0.3 is 19.5 Å². The summed E-state index contributed by atoms with van der Waals surface area (Å²) in [6.07, 6.45) is 2.65. The van der Waals surface area contributed by atoms with E-state index in [0.29, 0.717) is 25.1 Å². The van der Waals surface area contributed by atoms with Crippen LogP contribution in [0.5, 0.6) is 5.75 Å². The Morgan fingerprint density at radius 1 is 0.973 bits per heavy atom. The molecular formula is C30H32FN3O3. The number of methoxy groups -OCH3 is 1. The summed E-state index contributed by atoms with van der Waals surface area (Å²) in [5.41, 5.74) is 3.50. The quantitative estimate of drug-likeness (QED) is 0.315. The molecule has 1 N–H and O–H groups in total. The number of fused-ring (bicyclic) bond motifs is 1. The molecule has 0 radical (unpaired) electrons. The lowest BCUT2D eigenvalue weighted by atomic mass is 10.1. The minimum atomic E-state index is -0.410. The van der Waals surface area contributed by atoms with Gasteiger partial charge >= 0.3 is 0 Å². The fraction of sp³-hybridized carbons (Fsp3) is 0.267. The number of hydrogen-bond donors (Lipinski definition) is 1. The van der Waals surface area contributed by atoms with Gasteiger partial charge in [0.05, 0.1) is 7.11 Å². The van der Waals surface area contributed by atoms with Crippen molar-refractivity contribution in [3.63, 3.8) is 0 Å². The lowest BCUT2D eigenvalue weighted by Gasteiger charge is -2.30. The van der Waals surface area contributed by atoms with Gasteiger partial charge in [0, 0.05) is 41.8 Å². The number of aromatic amines is 1. The van der Waals surface area contributed by atoms with Gasteiger partial charge in [-0.15, -0.1) is 0 Å². The van der Waals surface area contributed by atoms with Crippen LogP contribution >= 0.6 is 0 Å². The molecule has 0 aliphatic heterocycles. The van der Waals surface area contributed by atoms with Crippen LogP contribution in [0.1, 0.15) is 35.3 Å². The molecule has 1 heterocycles. The van der Waals surface area contributed by atoms with E-state index in [-0.39, 0.29) is 24.4 Å². The molecular weight excluding hydrogens is 469 g/mol. The van der Waals surface area contributed by atoms with Crippen LogP contribution in [0.2, 0.25) is 0 Å². The van der Waals surface area contributed by atoms with E-state index < -0.39 is 5.82 Å². The van der Waals surface area contributed by atoms with Crippen molar-refractivity contribution in [2.75, 3.05) is 20.2 Å². The molecule has 0 aliphatic rings. The second-order valence-electron chi connectivity index (χ2n) is 9.31. The third-order valence-corrected chi connectivity index (χ3v) is 6.49. The summed E-state index contributed by atoms with van der Waals surface area (Å²) in [6.45, 7) is 4.56. The highest BCUT2D eigenvalue weighted by molar-refractivity contribution is 5.96. The summed E-state index contributed by atoms with van der Waals surface area (Å²) < 4.78 is 18.6. The van der Waals surface area contributed by atoms with Gasteiger partial charge in [-0.25, -0.2) is 4.39 Å². The number of ether oxygens (including phenoxy) is 1. The smallest absolute Gasteiger partial charge is 0.254 e. The number of amides is 2. The van der Waals surface area contributed by atoms with Crippen LogP contribution in [0, 0.1) is 5.82 Å². The summed E-state index contributed by atoms with van der Waals surface area (Å²) in [5.74, 6) is -0.118. The first kappa shape index (κ1) is 25.9. The molecule has 192 valence electrons. The molecule has 0 bridgehead atoms. The maximum atomic E-state index is 13.6. The Balaban J connectivity index is 1.54. The SMILES string of the molecule is COc1ccc(CN(CCc2c[nH]c3ccccc23)C(=O)CN(C(=O)c2ccc(F)cc2)C(C)C)cc1. The van der Waals surface area contributed by atoms with Gasteiger partial charge in [-0.2, -0.15) is 0 Å². The average molecular weight is 502 g/mol. The number of nitrogens with zero attached hydrogens (tertiary/aromatic N) is 2. The summed E-state index contributed by atoms with van der Waals surface area (Å²) in [4.78, 5) is 33.4. The largest absolute Gasteiger partial charge is 0.497 e. The van der Waals surface area contributed by atoms with Crippen LogP contribution < -0.4 is 4.74 Å². The van der Waals surface area contributed by atoms with E-state index >= 15 is 0 Å². The molecule has 0 aliphatic carbocycles. The van der Waals surface area contributed by atoms with Crippen LogP contribution in [0.3, 0.4) is 0 Å². The zero-order valence-electron chi connectivity index (χ0n) is 21.4. The van der Waals surface area contributed by atoms with Crippen molar-refractivity contribution in [1.82, 2.24) is 14.8 Å². The zero-order valence-corrected chi connectivity index (χ0v) is 21.4. The molecule has 0 unspecified atom stereocenters. The van der Waals surface area contributed by atoms with E-state index in [4.69, 9.17) is 4.74 Å². The van der Waals surface area contributed by atoms with E-state index in [1.54, 1.807) is 12.0 Å². The van der Waals surface area contributed by atoms with E-state index in [2.05, 4.69) is 11.1 Å². The summed E-state index contributed by atoms with van der Waals surface area (Å²) in [6, 6.07) is 20.9. The first-order valence-electron chi connectivity index (χ1n) is 12.4. The van der Waals surface area contributed by atoms with Crippen molar-refractivity contribution >= 4 is 22.7 Å². The Labute approximate surface area is 216 Å². The van der Waals surface area contributed by atoms with E-state index in [1.807, 2.05) is 62.5 Å². The van der Waals surface area contributed by atoms with Crippen molar-refractivity contribution in [2.45, 2.75) is 32.9 Å². The molecule has 2 amide bonds. The van der Waals surface area contributed by atoms with Crippen LogP contribution in [0.4, 0.5) is 4.39 Å². The van der Waals surface area contributed by atoms with Gasteiger partial charge in [0.2, 0.25) is 5.91 Å². The maximum Gasteiger partial charge on any atom is 0.254 e. The third kappa shape index (κ3) is 6.36. The number of H-pyrrole nitrogens is 1. The lowest BCUT2D eigenvalue weighted by Crippen LogP contribution is -2.46. The monoisotopic (exact) mass is 501 g/mol. The molecule has 4 aromatic rings. The molecule has 0 fully saturated rings. The molecule has 0 saturated heterocycles. The third-order valence-electron chi connectivity index (χ3n) is 6.49. The van der Waals surface area contributed by atoms with Gasteiger partial charge in [0.15, 0.2) is 0 Å². The Kier molecular flexibility index (Phi) is 8.23. The predicted octanol–water partition coefficient (Wildman–Crippen LogP) is 5.44. The molecule has 0 atom stereocenters. The fourth-order valence-electron chi connectivity index (χ4n) is 4.33. The minimum absolute atomic E-state index is 0.0715. The summed E-state index contributed by atoms with van der Waals surface area (Å²) >= 11 is 0. The highest BCUT2D eigenvalue weighted by atomic mass is 19.1. The molecule has 1 aromatic heterocycles. The molecule has 7 heteroatoms. The van der Waals surface area contributed by atoms with Gasteiger partial charge in [0.1, 0.15) is 18.1 Å². The van der Waals surface area contributed by atoms with Crippen LogP contribution in [0.15, 0.2) is 79.0 Å². The van der Waals surface area contributed by atoms with Crippen molar-refractivity contribution in [3.05, 3.63) is 102 Å². The van der Waals surface area contributed by atoms with Gasteiger partial charge in [-0.05, 0) is 73.9 Å². The van der Waals surface area contributed by atoms with E-state index in [9.17, 15) is 14.0 Å². The number of para-hydroxylation sites is 1. The fourth-order valence-corrected chi connectivity index (χ4v) is 4.33. The number of halogens is 1. The van der Waals surface area contributed by atoms with Crippen molar-refractivity contribution in [3.8, 4) is 5.75 Å². The molecule has 3 aromatic carbocycles. The van der Waals surface area contributed by atoms with Gasteiger partial charge in [0.25, 0.3) is 5.91 Å². The molecule has 0 spiro atoms. The number of carbonyl (C=O) groups is 2. The lowest BCUT2D eigenvalue weighted by molar-refractivity contribution is -0.132. The average Bonchev–Trinajstić information content (AvgIpc) is 3.33. The topological polar surface area (TPSA) is 65.6 Å². The van der Waals surface area contributed by atoms with Gasteiger partial charge in [-0.3, -0.25) is 9.59 Å². The number of carbonyl (C=O) groups excluding carboxylic acids is 2. The Morgan fingerprint density at radius 3 is 2.35 bits per heavy atom. The Hall–Kier alpha value is -4.13. The number of aromatic nitrogens is 1. The Morgan fingerprint density at radius 2 is 1.68 bits per heavy atom. The second-order valence-corrected chi connectivity index (χ2v) is 9.31. The predicted molar refractivity (Wildman–Crippen MR) is 143 cm³/mol. The van der Waals surface area contributed by atoms with Gasteiger partial charge in [-0.1, -0.05) is 30.3 Å². The number of benzene rings is 3. The normalized spacial score (nSPS) is 11.1. The van der Waals surface area contributed by atoms with Crippen LogP contribution in [-0.2, 0) is 17.8 Å². The standard InChI is InChI=1S/C30H32FN3O3/c1-21(2)34(30(36)23-10-12-25(31)13-11-23)20-29(35)33(19-22-8-14-26(37-3)15-9-22)17-16-24-18-32-28-7-5-4-6-27(24)28/h4-15,18,21,32H,16-17,19-20H2,1-3H3. The molecule has 37 heavy (non-hydrogen) atoms. The summed E-state index contributed by atoms with van der Waals surface area (Å²) in [5, 5.41) is 1.13. The van der Waals surface area contributed by atoms with Crippen molar-refractivity contribution in [1.29, 1.82) is 0 Å². The van der Waals surface area contributed by atoms with Crippen molar-refractivity contribution < 1.29 is 18.7 Å². The first-order valence-corrected chi connectivity index (χ1v) is 12.4. The number of rotatable bonds is 10. The van der Waals surface area contributed by atoms with Crippen molar-refractivity contribution in [2.24, 2.45) is 0 Å². The molecule has 6 nitrogen and oxygen atoms in total.